The summed E-state index contributed by atoms with van der Waals surface area (Å²) in [6.45, 7) is 4.73. The minimum Gasteiger partial charge on any atom is -0.370 e. The molecule has 0 spiro atoms. The van der Waals surface area contributed by atoms with E-state index < -0.39 is 0 Å². The molecule has 1 aliphatic heterocycles. The van der Waals surface area contributed by atoms with E-state index in [0.717, 1.165) is 18.0 Å². The van der Waals surface area contributed by atoms with Crippen LogP contribution in [0.2, 0.25) is 0 Å². The predicted molar refractivity (Wildman–Crippen MR) is 81.9 cm³/mol. The van der Waals surface area contributed by atoms with Crippen LogP contribution in [0.15, 0.2) is 30.3 Å². The fourth-order valence-corrected chi connectivity index (χ4v) is 2.78. The van der Waals surface area contributed by atoms with Crippen molar-refractivity contribution in [3.05, 3.63) is 35.9 Å². The molecule has 1 aromatic carbocycles. The fraction of sp³-hybridized carbons (Fsp3) is 0.588. The van der Waals surface area contributed by atoms with Crippen molar-refractivity contribution in [1.29, 1.82) is 0 Å². The number of hydrogen-bond acceptors (Lipinski definition) is 3. The number of rotatable bonds is 5. The average molecular weight is 288 g/mol. The Morgan fingerprint density at radius 3 is 2.81 bits per heavy atom. The number of nitrogens with one attached hydrogen (secondary N) is 1. The van der Waals surface area contributed by atoms with E-state index in [4.69, 9.17) is 4.74 Å². The van der Waals surface area contributed by atoms with E-state index in [9.17, 15) is 4.79 Å². The van der Waals surface area contributed by atoms with Crippen LogP contribution in [0.5, 0.6) is 0 Å². The zero-order chi connectivity index (χ0) is 14.7. The molecule has 2 fully saturated rings. The van der Waals surface area contributed by atoms with Gasteiger partial charge in [-0.05, 0) is 37.8 Å². The van der Waals surface area contributed by atoms with Gasteiger partial charge in [0.1, 0.15) is 6.10 Å². The molecular formula is C17H24N2O2. The van der Waals surface area contributed by atoms with Crippen LogP contribution in [0.25, 0.3) is 0 Å². The number of carbonyl (C=O) groups excluding carboxylic acids is 1. The lowest BCUT2D eigenvalue weighted by atomic mass is 10.1. The molecule has 2 unspecified atom stereocenters. The lowest BCUT2D eigenvalue weighted by Gasteiger charge is -2.38. The number of carbonyl (C=O) groups is 1. The van der Waals surface area contributed by atoms with Gasteiger partial charge in [-0.2, -0.15) is 0 Å². The number of nitrogens with zero attached hydrogens (tertiary/aromatic N) is 1. The molecule has 4 nitrogen and oxygen atoms in total. The Morgan fingerprint density at radius 1 is 1.33 bits per heavy atom. The van der Waals surface area contributed by atoms with E-state index in [0.29, 0.717) is 19.7 Å². The van der Waals surface area contributed by atoms with Crippen LogP contribution in [0.3, 0.4) is 0 Å². The van der Waals surface area contributed by atoms with Crippen molar-refractivity contribution < 1.29 is 9.53 Å². The largest absolute Gasteiger partial charge is 0.370 e. The SMILES string of the molecule is CC1COC(c2ccccc2)CN1C(=O)CNCC1CC1. The third-order valence-electron chi connectivity index (χ3n) is 4.33. The topological polar surface area (TPSA) is 41.6 Å². The van der Waals surface area contributed by atoms with Crippen LogP contribution in [0.4, 0.5) is 0 Å². The molecule has 0 radical (unpaired) electrons. The molecule has 1 N–H and O–H groups in total. The van der Waals surface area contributed by atoms with Gasteiger partial charge in [0, 0.05) is 0 Å². The maximum atomic E-state index is 12.4. The zero-order valence-corrected chi connectivity index (χ0v) is 12.6. The molecule has 1 aliphatic carbocycles. The predicted octanol–water partition coefficient (Wildman–Crippen LogP) is 1.97. The molecule has 1 saturated heterocycles. The average Bonchev–Trinajstić information content (AvgIpc) is 3.33. The summed E-state index contributed by atoms with van der Waals surface area (Å²) < 4.78 is 5.90. The molecule has 2 atom stereocenters. The van der Waals surface area contributed by atoms with Gasteiger partial charge < -0.3 is 15.0 Å². The summed E-state index contributed by atoms with van der Waals surface area (Å²) in [5, 5.41) is 3.29. The van der Waals surface area contributed by atoms with Gasteiger partial charge in [-0.3, -0.25) is 4.79 Å². The van der Waals surface area contributed by atoms with Crippen molar-refractivity contribution in [2.24, 2.45) is 5.92 Å². The Balaban J connectivity index is 1.56. The van der Waals surface area contributed by atoms with Crippen molar-refractivity contribution >= 4 is 5.91 Å². The first-order valence-corrected chi connectivity index (χ1v) is 7.91. The van der Waals surface area contributed by atoms with Gasteiger partial charge >= 0.3 is 0 Å². The molecule has 1 saturated carbocycles. The van der Waals surface area contributed by atoms with Crippen molar-refractivity contribution in [3.63, 3.8) is 0 Å². The van der Waals surface area contributed by atoms with E-state index in [-0.39, 0.29) is 18.1 Å². The molecule has 1 heterocycles. The first kappa shape index (κ1) is 14.5. The normalized spacial score (nSPS) is 25.9. The third kappa shape index (κ3) is 3.83. The molecule has 3 rings (SSSR count). The molecule has 114 valence electrons. The van der Waals surface area contributed by atoms with Gasteiger partial charge in [0.25, 0.3) is 0 Å². The molecule has 2 aliphatic rings. The second-order valence-electron chi connectivity index (χ2n) is 6.20. The standard InChI is InChI=1S/C17H24N2O2/c1-13-12-21-16(15-5-3-2-4-6-15)11-19(13)17(20)10-18-9-14-7-8-14/h2-6,13-14,16,18H,7-12H2,1H3. The highest BCUT2D eigenvalue weighted by Gasteiger charge is 2.30. The molecule has 21 heavy (non-hydrogen) atoms. The molecule has 4 heteroatoms. The van der Waals surface area contributed by atoms with Gasteiger partial charge in [0.05, 0.1) is 25.7 Å². The first-order chi connectivity index (χ1) is 10.2. The summed E-state index contributed by atoms with van der Waals surface area (Å²) in [4.78, 5) is 14.4. The smallest absolute Gasteiger partial charge is 0.236 e. The van der Waals surface area contributed by atoms with E-state index in [1.54, 1.807) is 0 Å². The summed E-state index contributed by atoms with van der Waals surface area (Å²) in [7, 11) is 0. The minimum absolute atomic E-state index is 0.00483. The van der Waals surface area contributed by atoms with E-state index in [1.165, 1.54) is 12.8 Å². The monoisotopic (exact) mass is 288 g/mol. The fourth-order valence-electron chi connectivity index (χ4n) is 2.78. The van der Waals surface area contributed by atoms with E-state index >= 15 is 0 Å². The number of ether oxygens (including phenoxy) is 1. The summed E-state index contributed by atoms with van der Waals surface area (Å²) in [6.07, 6.45) is 2.62. The minimum atomic E-state index is -0.00483. The molecule has 0 bridgehead atoms. The lowest BCUT2D eigenvalue weighted by Crippen LogP contribution is -2.51. The Labute approximate surface area is 126 Å². The maximum Gasteiger partial charge on any atom is 0.236 e. The second-order valence-corrected chi connectivity index (χ2v) is 6.20. The lowest BCUT2D eigenvalue weighted by molar-refractivity contribution is -0.143. The van der Waals surface area contributed by atoms with Gasteiger partial charge in [-0.15, -0.1) is 0 Å². The van der Waals surface area contributed by atoms with Crippen molar-refractivity contribution in [2.45, 2.75) is 31.9 Å². The van der Waals surface area contributed by atoms with Crippen LogP contribution in [0.1, 0.15) is 31.4 Å². The molecule has 1 amide bonds. The summed E-state index contributed by atoms with van der Waals surface area (Å²) >= 11 is 0. The maximum absolute atomic E-state index is 12.4. The van der Waals surface area contributed by atoms with Crippen LogP contribution in [-0.4, -0.2) is 43.1 Å². The van der Waals surface area contributed by atoms with Gasteiger partial charge in [-0.1, -0.05) is 30.3 Å². The van der Waals surface area contributed by atoms with Crippen LogP contribution in [0, 0.1) is 5.92 Å². The molecule has 1 aromatic rings. The van der Waals surface area contributed by atoms with Crippen LogP contribution in [-0.2, 0) is 9.53 Å². The second kappa shape index (κ2) is 6.58. The summed E-state index contributed by atoms with van der Waals surface area (Å²) in [5.74, 6) is 0.990. The zero-order valence-electron chi connectivity index (χ0n) is 12.6. The molecular weight excluding hydrogens is 264 g/mol. The number of morpholine rings is 1. The highest BCUT2D eigenvalue weighted by Crippen LogP contribution is 2.27. The highest BCUT2D eigenvalue weighted by atomic mass is 16.5. The summed E-state index contributed by atoms with van der Waals surface area (Å²) in [6, 6.07) is 10.3. The van der Waals surface area contributed by atoms with Crippen molar-refractivity contribution in [3.8, 4) is 0 Å². The van der Waals surface area contributed by atoms with Gasteiger partial charge in [0.15, 0.2) is 0 Å². The van der Waals surface area contributed by atoms with E-state index in [1.807, 2.05) is 23.1 Å². The van der Waals surface area contributed by atoms with Crippen LogP contribution < -0.4 is 5.32 Å². The molecule has 0 aromatic heterocycles. The first-order valence-electron chi connectivity index (χ1n) is 7.91. The number of benzene rings is 1. The quantitative estimate of drug-likeness (QED) is 0.901. The number of amides is 1. The Bertz CT molecular complexity index is 473. The Kier molecular flexibility index (Phi) is 4.56. The van der Waals surface area contributed by atoms with Crippen molar-refractivity contribution in [2.75, 3.05) is 26.2 Å². The number of hydrogen-bond donors (Lipinski definition) is 1. The third-order valence-corrected chi connectivity index (χ3v) is 4.33. The van der Waals surface area contributed by atoms with Gasteiger partial charge in [0.2, 0.25) is 5.91 Å². The highest BCUT2D eigenvalue weighted by molar-refractivity contribution is 5.78. The van der Waals surface area contributed by atoms with Gasteiger partial charge in [-0.25, -0.2) is 0 Å². The van der Waals surface area contributed by atoms with Crippen LogP contribution >= 0.6 is 0 Å². The van der Waals surface area contributed by atoms with E-state index in [2.05, 4.69) is 24.4 Å². The van der Waals surface area contributed by atoms with Crippen molar-refractivity contribution in [1.82, 2.24) is 10.2 Å². The Hall–Kier alpha value is -1.39. The Morgan fingerprint density at radius 2 is 2.10 bits per heavy atom. The summed E-state index contributed by atoms with van der Waals surface area (Å²) in [5.41, 5.74) is 1.15.